The van der Waals surface area contributed by atoms with Crippen molar-refractivity contribution >= 4 is 11.6 Å². The van der Waals surface area contributed by atoms with Gasteiger partial charge >= 0.3 is 0 Å². The standard InChI is InChI=1S/C7H15ClO2/c1-7(2,3)10-6-9-5-4-8/h4-6H2,1-3H3. The van der Waals surface area contributed by atoms with Crippen LogP contribution in [0.1, 0.15) is 20.8 Å². The molecule has 2 nitrogen and oxygen atoms in total. The lowest BCUT2D eigenvalue weighted by Crippen LogP contribution is -2.21. The van der Waals surface area contributed by atoms with Crippen LogP contribution in [0.5, 0.6) is 0 Å². The molecular formula is C7H15ClO2. The van der Waals surface area contributed by atoms with Crippen LogP contribution < -0.4 is 0 Å². The van der Waals surface area contributed by atoms with Gasteiger partial charge in [-0.25, -0.2) is 0 Å². The summed E-state index contributed by atoms with van der Waals surface area (Å²) < 4.78 is 10.3. The highest BCUT2D eigenvalue weighted by molar-refractivity contribution is 6.17. The second kappa shape index (κ2) is 4.94. The molecule has 0 aromatic heterocycles. The second-order valence-corrected chi connectivity index (χ2v) is 3.35. The summed E-state index contributed by atoms with van der Waals surface area (Å²) in [5.74, 6) is 0.521. The lowest BCUT2D eigenvalue weighted by Gasteiger charge is -2.18. The predicted octanol–water partition coefficient (Wildman–Crippen LogP) is 2.01. The maximum absolute atomic E-state index is 5.37. The van der Waals surface area contributed by atoms with Gasteiger partial charge in [-0.1, -0.05) is 0 Å². The molecule has 0 aromatic rings. The van der Waals surface area contributed by atoms with E-state index in [4.69, 9.17) is 21.1 Å². The Morgan fingerprint density at radius 3 is 2.30 bits per heavy atom. The first kappa shape index (κ1) is 10.2. The van der Waals surface area contributed by atoms with E-state index in [1.165, 1.54) is 0 Å². The second-order valence-electron chi connectivity index (χ2n) is 2.97. The lowest BCUT2D eigenvalue weighted by atomic mass is 10.2. The highest BCUT2D eigenvalue weighted by Crippen LogP contribution is 2.05. The zero-order valence-corrected chi connectivity index (χ0v) is 7.57. The largest absolute Gasteiger partial charge is 0.354 e. The molecule has 0 saturated heterocycles. The third-order valence-electron chi connectivity index (χ3n) is 0.797. The molecule has 0 saturated carbocycles. The highest BCUT2D eigenvalue weighted by Gasteiger charge is 2.08. The summed E-state index contributed by atoms with van der Waals surface area (Å²) in [7, 11) is 0. The minimum absolute atomic E-state index is 0.119. The Balaban J connectivity index is 3.04. The molecule has 0 amide bonds. The molecule has 0 fully saturated rings. The Hall–Kier alpha value is 0.210. The van der Waals surface area contributed by atoms with E-state index in [9.17, 15) is 0 Å². The van der Waals surface area contributed by atoms with Gasteiger partial charge in [-0.05, 0) is 20.8 Å². The van der Waals surface area contributed by atoms with Crippen molar-refractivity contribution in [1.82, 2.24) is 0 Å². The van der Waals surface area contributed by atoms with Crippen LogP contribution in [0.25, 0.3) is 0 Å². The summed E-state index contributed by atoms with van der Waals surface area (Å²) in [6.07, 6.45) is 0. The van der Waals surface area contributed by atoms with E-state index < -0.39 is 0 Å². The van der Waals surface area contributed by atoms with E-state index in [0.29, 0.717) is 19.3 Å². The molecule has 0 atom stereocenters. The Morgan fingerprint density at radius 1 is 1.30 bits per heavy atom. The van der Waals surface area contributed by atoms with Crippen LogP contribution in [0.15, 0.2) is 0 Å². The van der Waals surface area contributed by atoms with Crippen LogP contribution in [0, 0.1) is 0 Å². The Morgan fingerprint density at radius 2 is 1.90 bits per heavy atom. The monoisotopic (exact) mass is 166 g/mol. The van der Waals surface area contributed by atoms with E-state index in [1.54, 1.807) is 0 Å². The molecule has 0 aliphatic carbocycles. The predicted molar refractivity (Wildman–Crippen MR) is 42.4 cm³/mol. The zero-order chi connectivity index (χ0) is 8.04. The summed E-state index contributed by atoms with van der Waals surface area (Å²) in [5, 5.41) is 0. The average Bonchev–Trinajstić information content (AvgIpc) is 1.78. The van der Waals surface area contributed by atoms with Crippen molar-refractivity contribution in [3.8, 4) is 0 Å². The van der Waals surface area contributed by atoms with Crippen molar-refractivity contribution in [2.24, 2.45) is 0 Å². The molecule has 10 heavy (non-hydrogen) atoms. The van der Waals surface area contributed by atoms with Crippen molar-refractivity contribution in [1.29, 1.82) is 0 Å². The number of hydrogen-bond acceptors (Lipinski definition) is 2. The minimum atomic E-state index is -0.119. The molecule has 62 valence electrons. The van der Waals surface area contributed by atoms with E-state index in [0.717, 1.165) is 0 Å². The number of alkyl halides is 1. The lowest BCUT2D eigenvalue weighted by molar-refractivity contribution is -0.116. The van der Waals surface area contributed by atoms with Gasteiger partial charge in [0.25, 0.3) is 0 Å². The SMILES string of the molecule is CC(C)(C)OCOCCCl. The Kier molecular flexibility index (Phi) is 5.04. The molecule has 0 radical (unpaired) electrons. The van der Waals surface area contributed by atoms with Gasteiger partial charge in [0, 0.05) is 5.88 Å². The average molecular weight is 167 g/mol. The van der Waals surface area contributed by atoms with Crippen LogP contribution in [-0.4, -0.2) is 24.9 Å². The van der Waals surface area contributed by atoms with E-state index >= 15 is 0 Å². The van der Waals surface area contributed by atoms with Crippen molar-refractivity contribution in [2.45, 2.75) is 26.4 Å². The van der Waals surface area contributed by atoms with Crippen molar-refractivity contribution in [3.05, 3.63) is 0 Å². The van der Waals surface area contributed by atoms with Crippen molar-refractivity contribution in [3.63, 3.8) is 0 Å². The summed E-state index contributed by atoms with van der Waals surface area (Å²) in [4.78, 5) is 0. The summed E-state index contributed by atoms with van der Waals surface area (Å²) in [6, 6.07) is 0. The molecule has 3 heteroatoms. The quantitative estimate of drug-likeness (QED) is 0.362. The fourth-order valence-electron chi connectivity index (χ4n) is 0.332. The first-order chi connectivity index (χ1) is 4.56. The van der Waals surface area contributed by atoms with Gasteiger partial charge < -0.3 is 9.47 Å². The van der Waals surface area contributed by atoms with Gasteiger partial charge in [0.2, 0.25) is 0 Å². The molecule has 0 spiro atoms. The van der Waals surface area contributed by atoms with Crippen LogP contribution in [0.2, 0.25) is 0 Å². The molecule has 0 aliphatic heterocycles. The van der Waals surface area contributed by atoms with E-state index in [1.807, 2.05) is 20.8 Å². The van der Waals surface area contributed by atoms with Gasteiger partial charge in [-0.15, -0.1) is 11.6 Å². The van der Waals surface area contributed by atoms with Gasteiger partial charge in [0.05, 0.1) is 12.2 Å². The minimum Gasteiger partial charge on any atom is -0.354 e. The smallest absolute Gasteiger partial charge is 0.147 e. The van der Waals surface area contributed by atoms with Crippen LogP contribution in [0.3, 0.4) is 0 Å². The fraction of sp³-hybridized carbons (Fsp3) is 1.00. The molecule has 0 bridgehead atoms. The normalized spacial score (nSPS) is 12.0. The van der Waals surface area contributed by atoms with Crippen LogP contribution in [-0.2, 0) is 9.47 Å². The maximum Gasteiger partial charge on any atom is 0.147 e. The highest BCUT2D eigenvalue weighted by atomic mass is 35.5. The third-order valence-corrected chi connectivity index (χ3v) is 0.951. The van der Waals surface area contributed by atoms with Gasteiger partial charge in [-0.3, -0.25) is 0 Å². The number of rotatable bonds is 4. The molecule has 0 aliphatic rings. The maximum atomic E-state index is 5.37. The Bertz CT molecular complexity index is 78.2. The molecular weight excluding hydrogens is 152 g/mol. The van der Waals surface area contributed by atoms with E-state index in [-0.39, 0.29) is 5.60 Å². The zero-order valence-electron chi connectivity index (χ0n) is 6.82. The van der Waals surface area contributed by atoms with Crippen LogP contribution in [0.4, 0.5) is 0 Å². The first-order valence-corrected chi connectivity index (χ1v) is 3.87. The third kappa shape index (κ3) is 8.21. The van der Waals surface area contributed by atoms with Gasteiger partial charge in [-0.2, -0.15) is 0 Å². The summed E-state index contributed by atoms with van der Waals surface area (Å²) in [6.45, 7) is 6.83. The molecule has 0 unspecified atom stereocenters. The summed E-state index contributed by atoms with van der Waals surface area (Å²) in [5.41, 5.74) is -0.119. The first-order valence-electron chi connectivity index (χ1n) is 3.34. The topological polar surface area (TPSA) is 18.5 Å². The van der Waals surface area contributed by atoms with Crippen molar-refractivity contribution in [2.75, 3.05) is 19.3 Å². The molecule has 0 N–H and O–H groups in total. The number of halogens is 1. The molecule has 0 aromatic carbocycles. The Labute approximate surface area is 67.5 Å². The fourth-order valence-corrected chi connectivity index (χ4v) is 0.441. The van der Waals surface area contributed by atoms with Crippen molar-refractivity contribution < 1.29 is 9.47 Å². The van der Waals surface area contributed by atoms with E-state index in [2.05, 4.69) is 0 Å². The summed E-state index contributed by atoms with van der Waals surface area (Å²) >= 11 is 5.37. The molecule has 0 heterocycles. The number of ether oxygens (including phenoxy) is 2. The molecule has 0 rings (SSSR count). The van der Waals surface area contributed by atoms with Gasteiger partial charge in [0.15, 0.2) is 0 Å². The van der Waals surface area contributed by atoms with Gasteiger partial charge in [0.1, 0.15) is 6.79 Å². The van der Waals surface area contributed by atoms with Crippen LogP contribution >= 0.6 is 11.6 Å². The number of hydrogen-bond donors (Lipinski definition) is 0.